The number of esters is 1. The summed E-state index contributed by atoms with van der Waals surface area (Å²) < 4.78 is 47.4. The van der Waals surface area contributed by atoms with E-state index in [-0.39, 0.29) is 12.3 Å². The zero-order valence-electron chi connectivity index (χ0n) is 15.0. The first-order chi connectivity index (χ1) is 13.7. The van der Waals surface area contributed by atoms with Crippen molar-refractivity contribution in [2.24, 2.45) is 0 Å². The number of imide groups is 1. The molecular formula is C19H17F3N2O5. The number of alkyl halides is 3. The molecule has 0 spiro atoms. The number of carbonyl (C=O) groups is 3. The van der Waals surface area contributed by atoms with Crippen LogP contribution >= 0.6 is 0 Å². The summed E-state index contributed by atoms with van der Waals surface area (Å²) in [7, 11) is 0. The van der Waals surface area contributed by atoms with Gasteiger partial charge in [-0.1, -0.05) is 36.4 Å². The molecule has 0 saturated heterocycles. The van der Waals surface area contributed by atoms with Crippen LogP contribution in [0.5, 0.6) is 5.75 Å². The molecule has 10 heteroatoms. The van der Waals surface area contributed by atoms with Gasteiger partial charge in [-0.05, 0) is 23.8 Å². The molecule has 2 aromatic rings. The van der Waals surface area contributed by atoms with Gasteiger partial charge in [0.15, 0.2) is 13.2 Å². The van der Waals surface area contributed by atoms with Crippen LogP contribution in [-0.4, -0.2) is 31.1 Å². The molecule has 0 aliphatic carbocycles. The maximum atomic E-state index is 12.6. The molecule has 7 nitrogen and oxygen atoms in total. The topological polar surface area (TPSA) is 93.7 Å². The summed E-state index contributed by atoms with van der Waals surface area (Å²) in [5, 5.41) is 4.43. The van der Waals surface area contributed by atoms with Crippen LogP contribution in [0.2, 0.25) is 0 Å². The molecule has 29 heavy (non-hydrogen) atoms. The Hall–Kier alpha value is -3.56. The van der Waals surface area contributed by atoms with Gasteiger partial charge in [0.25, 0.3) is 5.91 Å². The molecular weight excluding hydrogens is 393 g/mol. The summed E-state index contributed by atoms with van der Waals surface area (Å²) >= 11 is 0. The molecule has 0 heterocycles. The average Bonchev–Trinajstić information content (AvgIpc) is 2.69. The first-order valence-electron chi connectivity index (χ1n) is 8.31. The second-order valence-electron chi connectivity index (χ2n) is 5.69. The van der Waals surface area contributed by atoms with Crippen LogP contribution in [0.3, 0.4) is 0 Å². The van der Waals surface area contributed by atoms with Crippen LogP contribution in [-0.2, 0) is 27.0 Å². The van der Waals surface area contributed by atoms with E-state index in [4.69, 9.17) is 4.74 Å². The minimum Gasteiger partial charge on any atom is -0.482 e. The third-order valence-corrected chi connectivity index (χ3v) is 3.43. The summed E-state index contributed by atoms with van der Waals surface area (Å²) in [5.41, 5.74) is -0.0995. The van der Waals surface area contributed by atoms with Gasteiger partial charge >= 0.3 is 18.2 Å². The molecule has 0 aromatic heterocycles. The van der Waals surface area contributed by atoms with Crippen LogP contribution in [0.15, 0.2) is 54.6 Å². The van der Waals surface area contributed by atoms with Crippen molar-refractivity contribution in [3.05, 3.63) is 65.7 Å². The molecule has 0 unspecified atom stereocenters. The summed E-state index contributed by atoms with van der Waals surface area (Å²) in [6.45, 7) is -1.25. The first-order valence-corrected chi connectivity index (χ1v) is 8.31. The van der Waals surface area contributed by atoms with Gasteiger partial charge in [0.2, 0.25) is 0 Å². The quantitative estimate of drug-likeness (QED) is 0.685. The van der Waals surface area contributed by atoms with Gasteiger partial charge in [-0.25, -0.2) is 9.59 Å². The minimum absolute atomic E-state index is 0.179. The van der Waals surface area contributed by atoms with Crippen LogP contribution in [0.4, 0.5) is 18.0 Å². The highest BCUT2D eigenvalue weighted by atomic mass is 19.4. The van der Waals surface area contributed by atoms with E-state index in [2.05, 4.69) is 10.1 Å². The van der Waals surface area contributed by atoms with Gasteiger partial charge < -0.3 is 14.8 Å². The van der Waals surface area contributed by atoms with Gasteiger partial charge in [-0.3, -0.25) is 10.1 Å². The summed E-state index contributed by atoms with van der Waals surface area (Å²) in [6, 6.07) is 12.2. The summed E-state index contributed by atoms with van der Waals surface area (Å²) in [6.07, 6.45) is -4.54. The van der Waals surface area contributed by atoms with E-state index >= 15 is 0 Å². The maximum Gasteiger partial charge on any atom is 0.416 e. The number of hydrogen-bond acceptors (Lipinski definition) is 5. The monoisotopic (exact) mass is 410 g/mol. The highest BCUT2D eigenvalue weighted by molar-refractivity contribution is 5.95. The lowest BCUT2D eigenvalue weighted by molar-refractivity contribution is -0.150. The van der Waals surface area contributed by atoms with Crippen molar-refractivity contribution < 1.29 is 37.0 Å². The van der Waals surface area contributed by atoms with Crippen molar-refractivity contribution in [2.45, 2.75) is 12.7 Å². The first kappa shape index (κ1) is 21.7. The second-order valence-corrected chi connectivity index (χ2v) is 5.69. The van der Waals surface area contributed by atoms with E-state index in [0.29, 0.717) is 0 Å². The lowest BCUT2D eigenvalue weighted by Gasteiger charge is -2.10. The van der Waals surface area contributed by atoms with Gasteiger partial charge in [0.05, 0.1) is 5.56 Å². The predicted octanol–water partition coefficient (Wildman–Crippen LogP) is 2.65. The van der Waals surface area contributed by atoms with Crippen LogP contribution in [0.25, 0.3) is 0 Å². The van der Waals surface area contributed by atoms with E-state index in [1.807, 2.05) is 11.4 Å². The molecule has 2 aromatic carbocycles. The molecule has 2 rings (SSSR count). The number of halogens is 3. The number of hydrogen-bond donors (Lipinski definition) is 2. The van der Waals surface area contributed by atoms with Crippen molar-refractivity contribution in [2.75, 3.05) is 13.2 Å². The highest BCUT2D eigenvalue weighted by Gasteiger charge is 2.30. The average molecular weight is 410 g/mol. The van der Waals surface area contributed by atoms with E-state index in [1.165, 1.54) is 6.07 Å². The zero-order chi connectivity index (χ0) is 21.3. The largest absolute Gasteiger partial charge is 0.482 e. The molecule has 0 atom stereocenters. The minimum atomic E-state index is -4.54. The number of amides is 3. The van der Waals surface area contributed by atoms with Crippen molar-refractivity contribution in [1.29, 1.82) is 0 Å². The second kappa shape index (κ2) is 10.1. The van der Waals surface area contributed by atoms with Crippen molar-refractivity contribution >= 4 is 17.9 Å². The molecule has 0 radical (unpaired) electrons. The molecule has 0 bridgehead atoms. The lowest BCUT2D eigenvalue weighted by Crippen LogP contribution is -2.41. The fraction of sp³-hybridized carbons (Fsp3) is 0.211. The Kier molecular flexibility index (Phi) is 7.58. The van der Waals surface area contributed by atoms with Crippen LogP contribution in [0, 0.1) is 0 Å². The van der Waals surface area contributed by atoms with E-state index in [9.17, 15) is 27.6 Å². The van der Waals surface area contributed by atoms with E-state index in [1.54, 1.807) is 24.3 Å². The van der Waals surface area contributed by atoms with Gasteiger partial charge in [-0.2, -0.15) is 13.2 Å². The fourth-order valence-electron chi connectivity index (χ4n) is 2.08. The number of nitrogens with one attached hydrogen (secondary N) is 2. The maximum absolute atomic E-state index is 12.6. The number of ether oxygens (including phenoxy) is 2. The Morgan fingerprint density at radius 2 is 1.66 bits per heavy atom. The van der Waals surface area contributed by atoms with Crippen molar-refractivity contribution in [3.63, 3.8) is 0 Å². The summed E-state index contributed by atoms with van der Waals surface area (Å²) in [5.74, 6) is -2.04. The molecule has 2 N–H and O–H groups in total. The zero-order valence-corrected chi connectivity index (χ0v) is 15.0. The van der Waals surface area contributed by atoms with Gasteiger partial charge in [0, 0.05) is 6.54 Å². The van der Waals surface area contributed by atoms with Crippen LogP contribution in [0.1, 0.15) is 11.1 Å². The van der Waals surface area contributed by atoms with Gasteiger partial charge in [-0.15, -0.1) is 0 Å². The number of benzene rings is 2. The summed E-state index contributed by atoms with van der Waals surface area (Å²) in [4.78, 5) is 34.7. The Morgan fingerprint density at radius 1 is 0.931 bits per heavy atom. The highest BCUT2D eigenvalue weighted by Crippen LogP contribution is 2.31. The Balaban J connectivity index is 1.68. The molecule has 0 saturated carbocycles. The Labute approximate surface area is 163 Å². The number of urea groups is 1. The lowest BCUT2D eigenvalue weighted by atomic mass is 10.2. The fourth-order valence-corrected chi connectivity index (χ4v) is 2.08. The SMILES string of the molecule is O=C(COC(=O)COc1cccc(C(F)(F)F)c1)NC(=O)NCc1ccccc1. The third kappa shape index (κ3) is 7.91. The Bertz CT molecular complexity index is 856. The predicted molar refractivity (Wildman–Crippen MR) is 94.7 cm³/mol. The normalized spacial score (nSPS) is 10.7. The van der Waals surface area contributed by atoms with E-state index in [0.717, 1.165) is 23.8 Å². The smallest absolute Gasteiger partial charge is 0.416 e. The molecule has 3 amide bonds. The molecule has 0 fully saturated rings. The number of carbonyl (C=O) groups excluding carboxylic acids is 3. The number of rotatable bonds is 7. The van der Waals surface area contributed by atoms with Gasteiger partial charge in [0.1, 0.15) is 5.75 Å². The van der Waals surface area contributed by atoms with Crippen molar-refractivity contribution in [1.82, 2.24) is 10.6 Å². The molecule has 154 valence electrons. The molecule has 0 aliphatic rings. The van der Waals surface area contributed by atoms with Crippen molar-refractivity contribution in [3.8, 4) is 5.75 Å². The standard InChI is InChI=1S/C19H17F3N2O5/c20-19(21,22)14-7-4-8-15(9-14)28-12-17(26)29-11-16(25)24-18(27)23-10-13-5-2-1-3-6-13/h1-9H,10-12H2,(H2,23,24,25,27). The Morgan fingerprint density at radius 3 is 2.34 bits per heavy atom. The molecule has 0 aliphatic heterocycles. The third-order valence-electron chi connectivity index (χ3n) is 3.43. The van der Waals surface area contributed by atoms with Crippen LogP contribution < -0.4 is 15.4 Å². The van der Waals surface area contributed by atoms with E-state index < -0.39 is 42.9 Å².